The first-order valence-corrected chi connectivity index (χ1v) is 6.63. The second kappa shape index (κ2) is 5.86. The van der Waals surface area contributed by atoms with Gasteiger partial charge in [0, 0.05) is 31.9 Å². The van der Waals surface area contributed by atoms with E-state index in [9.17, 15) is 9.59 Å². The highest BCUT2D eigenvalue weighted by molar-refractivity contribution is 5.87. The Morgan fingerprint density at radius 2 is 2.32 bits per heavy atom. The summed E-state index contributed by atoms with van der Waals surface area (Å²) in [7, 11) is 0. The van der Waals surface area contributed by atoms with Gasteiger partial charge in [-0.2, -0.15) is 5.10 Å². The molecule has 104 valence electrons. The monoisotopic (exact) mass is 264 g/mol. The Labute approximate surface area is 112 Å². The first kappa shape index (κ1) is 13.6. The third-order valence-electron chi connectivity index (χ3n) is 3.37. The number of likely N-dealkylation sites (tertiary alicyclic amines) is 1. The average Bonchev–Trinajstić information content (AvgIpc) is 2.97. The molecule has 0 spiro atoms. The molecule has 1 aromatic heterocycles. The fourth-order valence-electron chi connectivity index (χ4n) is 2.49. The van der Waals surface area contributed by atoms with E-state index in [1.807, 2.05) is 19.2 Å². The Morgan fingerprint density at radius 3 is 2.95 bits per heavy atom. The number of amides is 2. The number of carbonyl (C=O) groups is 2. The van der Waals surface area contributed by atoms with Crippen molar-refractivity contribution < 1.29 is 9.59 Å². The minimum atomic E-state index is -0.308. The van der Waals surface area contributed by atoms with Crippen LogP contribution in [0.3, 0.4) is 0 Å². The van der Waals surface area contributed by atoms with E-state index >= 15 is 0 Å². The van der Waals surface area contributed by atoms with Gasteiger partial charge in [0.15, 0.2) is 0 Å². The van der Waals surface area contributed by atoms with Gasteiger partial charge in [0.2, 0.25) is 11.8 Å². The molecule has 1 aliphatic heterocycles. The number of hydrogen-bond acceptors (Lipinski definition) is 3. The lowest BCUT2D eigenvalue weighted by atomic mass is 10.2. The Morgan fingerprint density at radius 1 is 1.53 bits per heavy atom. The Bertz CT molecular complexity index is 444. The molecule has 1 saturated heterocycles. The van der Waals surface area contributed by atoms with Crippen LogP contribution in [-0.4, -0.2) is 45.1 Å². The molecule has 1 aromatic rings. The fourth-order valence-corrected chi connectivity index (χ4v) is 2.49. The number of nitrogens with one attached hydrogen (secondary N) is 1. The summed E-state index contributed by atoms with van der Waals surface area (Å²) in [6.45, 7) is 4.76. The van der Waals surface area contributed by atoms with Crippen LogP contribution in [0, 0.1) is 0 Å². The van der Waals surface area contributed by atoms with E-state index in [1.54, 1.807) is 15.8 Å². The maximum atomic E-state index is 12.2. The number of aromatic nitrogens is 2. The van der Waals surface area contributed by atoms with Gasteiger partial charge in [-0.25, -0.2) is 0 Å². The SMILES string of the molecule is CC(=O)N1CCC[C@H]1C(=O)N[C@H](C)Cn1cccn1. The maximum absolute atomic E-state index is 12.2. The number of rotatable bonds is 4. The van der Waals surface area contributed by atoms with E-state index in [0.29, 0.717) is 13.1 Å². The molecule has 2 heterocycles. The van der Waals surface area contributed by atoms with Crippen LogP contribution in [0.5, 0.6) is 0 Å². The van der Waals surface area contributed by atoms with E-state index in [2.05, 4.69) is 10.4 Å². The molecule has 0 unspecified atom stereocenters. The van der Waals surface area contributed by atoms with Crippen LogP contribution >= 0.6 is 0 Å². The van der Waals surface area contributed by atoms with Crippen LogP contribution in [0.1, 0.15) is 26.7 Å². The summed E-state index contributed by atoms with van der Waals surface area (Å²) in [5, 5.41) is 7.06. The second-order valence-electron chi connectivity index (χ2n) is 5.01. The van der Waals surface area contributed by atoms with E-state index in [1.165, 1.54) is 6.92 Å². The van der Waals surface area contributed by atoms with Crippen molar-refractivity contribution in [1.82, 2.24) is 20.0 Å². The van der Waals surface area contributed by atoms with Crippen LogP contribution in [0.4, 0.5) is 0 Å². The van der Waals surface area contributed by atoms with E-state index in [4.69, 9.17) is 0 Å². The summed E-state index contributed by atoms with van der Waals surface area (Å²) in [4.78, 5) is 25.2. The van der Waals surface area contributed by atoms with Crippen molar-refractivity contribution in [3.63, 3.8) is 0 Å². The summed E-state index contributed by atoms with van der Waals surface area (Å²) >= 11 is 0. The summed E-state index contributed by atoms with van der Waals surface area (Å²) in [6.07, 6.45) is 5.22. The summed E-state index contributed by atoms with van der Waals surface area (Å²) < 4.78 is 1.78. The minimum Gasteiger partial charge on any atom is -0.350 e. The molecule has 2 atom stereocenters. The van der Waals surface area contributed by atoms with Gasteiger partial charge in [0.25, 0.3) is 0 Å². The van der Waals surface area contributed by atoms with Crippen LogP contribution in [0.25, 0.3) is 0 Å². The molecule has 6 nitrogen and oxygen atoms in total. The first-order chi connectivity index (χ1) is 9.08. The van der Waals surface area contributed by atoms with Crippen LogP contribution in [-0.2, 0) is 16.1 Å². The van der Waals surface area contributed by atoms with Crippen LogP contribution < -0.4 is 5.32 Å². The quantitative estimate of drug-likeness (QED) is 0.856. The largest absolute Gasteiger partial charge is 0.350 e. The number of hydrogen-bond donors (Lipinski definition) is 1. The zero-order valence-electron chi connectivity index (χ0n) is 11.4. The third-order valence-corrected chi connectivity index (χ3v) is 3.37. The lowest BCUT2D eigenvalue weighted by Crippen LogP contribution is -2.48. The third kappa shape index (κ3) is 3.33. The molecular weight excluding hydrogens is 244 g/mol. The number of carbonyl (C=O) groups excluding carboxylic acids is 2. The molecule has 0 radical (unpaired) electrons. The van der Waals surface area contributed by atoms with Crippen LogP contribution in [0.2, 0.25) is 0 Å². The van der Waals surface area contributed by atoms with Crippen molar-refractivity contribution in [2.75, 3.05) is 6.54 Å². The summed E-state index contributed by atoms with van der Waals surface area (Å²) in [5.74, 6) is -0.0928. The molecule has 1 fully saturated rings. The molecule has 19 heavy (non-hydrogen) atoms. The molecule has 2 rings (SSSR count). The van der Waals surface area contributed by atoms with Crippen molar-refractivity contribution in [1.29, 1.82) is 0 Å². The van der Waals surface area contributed by atoms with Gasteiger partial charge in [0.1, 0.15) is 6.04 Å². The predicted octanol–water partition coefficient (Wildman–Crippen LogP) is 0.399. The Kier molecular flexibility index (Phi) is 4.19. The lowest BCUT2D eigenvalue weighted by Gasteiger charge is -2.24. The highest BCUT2D eigenvalue weighted by Gasteiger charge is 2.32. The molecule has 6 heteroatoms. The van der Waals surface area contributed by atoms with Crippen molar-refractivity contribution >= 4 is 11.8 Å². The fraction of sp³-hybridized carbons (Fsp3) is 0.615. The minimum absolute atomic E-state index is 0.0122. The molecule has 0 aliphatic carbocycles. The van der Waals surface area contributed by atoms with Crippen LogP contribution in [0.15, 0.2) is 18.5 Å². The second-order valence-corrected chi connectivity index (χ2v) is 5.01. The average molecular weight is 264 g/mol. The van der Waals surface area contributed by atoms with E-state index < -0.39 is 0 Å². The molecule has 0 bridgehead atoms. The smallest absolute Gasteiger partial charge is 0.243 e. The summed E-state index contributed by atoms with van der Waals surface area (Å²) in [6, 6.07) is 1.53. The van der Waals surface area contributed by atoms with Gasteiger partial charge in [-0.1, -0.05) is 0 Å². The zero-order valence-corrected chi connectivity index (χ0v) is 11.4. The highest BCUT2D eigenvalue weighted by Crippen LogP contribution is 2.17. The van der Waals surface area contributed by atoms with Gasteiger partial charge >= 0.3 is 0 Å². The normalized spacial score (nSPS) is 20.3. The maximum Gasteiger partial charge on any atom is 0.243 e. The molecule has 1 aliphatic rings. The van der Waals surface area contributed by atoms with Gasteiger partial charge in [-0.3, -0.25) is 14.3 Å². The molecule has 0 aromatic carbocycles. The van der Waals surface area contributed by atoms with Crippen molar-refractivity contribution in [3.05, 3.63) is 18.5 Å². The molecule has 0 saturated carbocycles. The molecule has 1 N–H and O–H groups in total. The molecular formula is C13H20N4O2. The Hall–Kier alpha value is -1.85. The van der Waals surface area contributed by atoms with Gasteiger partial charge in [0.05, 0.1) is 6.54 Å². The lowest BCUT2D eigenvalue weighted by molar-refractivity contribution is -0.137. The predicted molar refractivity (Wildman–Crippen MR) is 70.2 cm³/mol. The molecule has 2 amide bonds. The summed E-state index contributed by atoms with van der Waals surface area (Å²) in [5.41, 5.74) is 0. The van der Waals surface area contributed by atoms with E-state index in [0.717, 1.165) is 12.8 Å². The topological polar surface area (TPSA) is 67.2 Å². The number of nitrogens with zero attached hydrogens (tertiary/aromatic N) is 3. The van der Waals surface area contributed by atoms with Crippen molar-refractivity contribution in [2.45, 2.75) is 45.3 Å². The Balaban J connectivity index is 1.88. The zero-order chi connectivity index (χ0) is 13.8. The van der Waals surface area contributed by atoms with E-state index in [-0.39, 0.29) is 23.9 Å². The van der Waals surface area contributed by atoms with Crippen molar-refractivity contribution in [3.8, 4) is 0 Å². The van der Waals surface area contributed by atoms with Gasteiger partial charge < -0.3 is 10.2 Å². The highest BCUT2D eigenvalue weighted by atomic mass is 16.2. The van der Waals surface area contributed by atoms with Gasteiger partial charge in [-0.15, -0.1) is 0 Å². The van der Waals surface area contributed by atoms with Gasteiger partial charge in [-0.05, 0) is 25.8 Å². The first-order valence-electron chi connectivity index (χ1n) is 6.63. The van der Waals surface area contributed by atoms with Crippen molar-refractivity contribution in [2.24, 2.45) is 0 Å². The standard InChI is InChI=1S/C13H20N4O2/c1-10(9-16-7-4-6-14-16)15-13(19)12-5-3-8-17(12)11(2)18/h4,6-7,10,12H,3,5,8-9H2,1-2H3,(H,15,19)/t10-,12+/m1/s1.